The van der Waals surface area contributed by atoms with Crippen LogP contribution in [0.25, 0.3) is 0 Å². The van der Waals surface area contributed by atoms with Crippen molar-refractivity contribution in [3.05, 3.63) is 16.1 Å². The molecule has 1 saturated heterocycles. The van der Waals surface area contributed by atoms with Crippen molar-refractivity contribution in [2.45, 2.75) is 32.5 Å². The molecule has 0 saturated carbocycles. The first-order valence-corrected chi connectivity index (χ1v) is 7.03. The first kappa shape index (κ1) is 13.0. The Kier molecular flexibility index (Phi) is 4.50. The molecule has 1 aliphatic rings. The van der Waals surface area contributed by atoms with Gasteiger partial charge in [0.2, 0.25) is 0 Å². The maximum absolute atomic E-state index is 5.82. The monoisotopic (exact) mass is 255 g/mol. The van der Waals surface area contributed by atoms with Crippen molar-refractivity contribution in [1.29, 1.82) is 0 Å². The predicted molar refractivity (Wildman–Crippen MR) is 70.3 cm³/mol. The molecule has 96 valence electrons. The highest BCUT2D eigenvalue weighted by Crippen LogP contribution is 2.26. The fraction of sp³-hybridized carbons (Fsp3) is 0.750. The molecule has 1 fully saturated rings. The molecule has 0 amide bonds. The maximum atomic E-state index is 5.82. The molecular formula is C12H21N3OS. The Balaban J connectivity index is 2.00. The smallest absolute Gasteiger partial charge is 0.123 e. The molecule has 0 radical (unpaired) electrons. The summed E-state index contributed by atoms with van der Waals surface area (Å²) < 4.78 is 5.82. The highest BCUT2D eigenvalue weighted by atomic mass is 32.1. The number of hydrogen-bond acceptors (Lipinski definition) is 5. The second-order valence-corrected chi connectivity index (χ2v) is 5.55. The van der Waals surface area contributed by atoms with Crippen LogP contribution >= 0.6 is 11.3 Å². The molecule has 2 heterocycles. The third kappa shape index (κ3) is 3.25. The topological polar surface area (TPSA) is 37.4 Å². The summed E-state index contributed by atoms with van der Waals surface area (Å²) in [6.45, 7) is 8.10. The fourth-order valence-electron chi connectivity index (χ4n) is 2.02. The molecule has 17 heavy (non-hydrogen) atoms. The van der Waals surface area contributed by atoms with E-state index >= 15 is 0 Å². The Labute approximate surface area is 107 Å². The summed E-state index contributed by atoms with van der Waals surface area (Å²) in [5.74, 6) is 0. The number of rotatable bonds is 4. The van der Waals surface area contributed by atoms with Crippen molar-refractivity contribution in [3.63, 3.8) is 0 Å². The molecule has 4 nitrogen and oxygen atoms in total. The van der Waals surface area contributed by atoms with E-state index in [9.17, 15) is 0 Å². The van der Waals surface area contributed by atoms with Gasteiger partial charge < -0.3 is 10.1 Å². The Morgan fingerprint density at radius 1 is 1.65 bits per heavy atom. The van der Waals surface area contributed by atoms with Crippen molar-refractivity contribution in [3.8, 4) is 0 Å². The van der Waals surface area contributed by atoms with E-state index in [1.807, 2.05) is 7.05 Å². The van der Waals surface area contributed by atoms with E-state index in [0.29, 0.717) is 6.04 Å². The van der Waals surface area contributed by atoms with Gasteiger partial charge >= 0.3 is 0 Å². The van der Waals surface area contributed by atoms with Crippen LogP contribution in [0.15, 0.2) is 5.38 Å². The van der Waals surface area contributed by atoms with Crippen molar-refractivity contribution in [2.24, 2.45) is 0 Å². The molecule has 1 aliphatic heterocycles. The van der Waals surface area contributed by atoms with Gasteiger partial charge in [-0.1, -0.05) is 0 Å². The number of nitrogens with one attached hydrogen (secondary N) is 1. The van der Waals surface area contributed by atoms with Gasteiger partial charge in [0.15, 0.2) is 0 Å². The van der Waals surface area contributed by atoms with E-state index in [-0.39, 0.29) is 6.10 Å². The number of ether oxygens (including phenoxy) is 1. The third-order valence-electron chi connectivity index (χ3n) is 3.03. The maximum Gasteiger partial charge on any atom is 0.123 e. The van der Waals surface area contributed by atoms with Crippen LogP contribution in [0.2, 0.25) is 0 Å². The van der Waals surface area contributed by atoms with Gasteiger partial charge in [0, 0.05) is 31.1 Å². The Morgan fingerprint density at radius 2 is 2.47 bits per heavy atom. The molecule has 0 spiro atoms. The zero-order valence-electron chi connectivity index (χ0n) is 10.8. The van der Waals surface area contributed by atoms with Gasteiger partial charge in [0.05, 0.1) is 12.3 Å². The van der Waals surface area contributed by atoms with Gasteiger partial charge in [-0.2, -0.15) is 0 Å². The van der Waals surface area contributed by atoms with Crippen molar-refractivity contribution < 1.29 is 4.74 Å². The molecule has 5 heteroatoms. The summed E-state index contributed by atoms with van der Waals surface area (Å²) in [5.41, 5.74) is 1.11. The highest BCUT2D eigenvalue weighted by molar-refractivity contribution is 7.09. The number of aromatic nitrogens is 1. The largest absolute Gasteiger partial charge is 0.368 e. The third-order valence-corrected chi connectivity index (χ3v) is 4.02. The SMILES string of the molecule is CNCc1csc(C2CN(C(C)C)CCO2)n1. The molecule has 1 unspecified atom stereocenters. The molecule has 1 aromatic rings. The number of nitrogens with zero attached hydrogens (tertiary/aromatic N) is 2. The Bertz CT molecular complexity index is 353. The molecule has 0 bridgehead atoms. The van der Waals surface area contributed by atoms with Gasteiger partial charge in [-0.15, -0.1) is 11.3 Å². The zero-order valence-corrected chi connectivity index (χ0v) is 11.6. The molecule has 2 rings (SSSR count). The summed E-state index contributed by atoms with van der Waals surface area (Å²) in [5, 5.41) is 6.35. The quantitative estimate of drug-likeness (QED) is 0.887. The lowest BCUT2D eigenvalue weighted by Crippen LogP contribution is -2.42. The van der Waals surface area contributed by atoms with E-state index in [1.54, 1.807) is 11.3 Å². The molecule has 1 aromatic heterocycles. The lowest BCUT2D eigenvalue weighted by atomic mass is 10.2. The second-order valence-electron chi connectivity index (χ2n) is 4.66. The highest BCUT2D eigenvalue weighted by Gasteiger charge is 2.25. The first-order valence-electron chi connectivity index (χ1n) is 6.15. The van der Waals surface area contributed by atoms with Crippen LogP contribution in [-0.4, -0.2) is 42.7 Å². The number of morpholine rings is 1. The van der Waals surface area contributed by atoms with Crippen LogP contribution in [0.4, 0.5) is 0 Å². The van der Waals surface area contributed by atoms with Gasteiger partial charge in [0.25, 0.3) is 0 Å². The minimum Gasteiger partial charge on any atom is -0.368 e. The molecule has 0 aromatic carbocycles. The van der Waals surface area contributed by atoms with Crippen LogP contribution in [-0.2, 0) is 11.3 Å². The van der Waals surface area contributed by atoms with Crippen LogP contribution < -0.4 is 5.32 Å². The minimum atomic E-state index is 0.154. The van der Waals surface area contributed by atoms with Crippen molar-refractivity contribution in [1.82, 2.24) is 15.2 Å². The summed E-state index contributed by atoms with van der Waals surface area (Å²) in [6.07, 6.45) is 0.154. The van der Waals surface area contributed by atoms with Crippen LogP contribution in [0.1, 0.15) is 30.7 Å². The fourth-order valence-corrected chi connectivity index (χ4v) is 2.88. The van der Waals surface area contributed by atoms with E-state index < -0.39 is 0 Å². The van der Waals surface area contributed by atoms with E-state index in [2.05, 4.69) is 34.4 Å². The lowest BCUT2D eigenvalue weighted by Gasteiger charge is -2.34. The summed E-state index contributed by atoms with van der Waals surface area (Å²) in [4.78, 5) is 7.07. The van der Waals surface area contributed by atoms with Crippen molar-refractivity contribution in [2.75, 3.05) is 26.7 Å². The molecule has 1 atom stereocenters. The van der Waals surface area contributed by atoms with E-state index in [0.717, 1.165) is 36.9 Å². The van der Waals surface area contributed by atoms with Crippen molar-refractivity contribution >= 4 is 11.3 Å². The second kappa shape index (κ2) is 5.91. The van der Waals surface area contributed by atoms with E-state index in [1.165, 1.54) is 0 Å². The first-order chi connectivity index (χ1) is 8.20. The minimum absolute atomic E-state index is 0.154. The predicted octanol–water partition coefficient (Wildman–Crippen LogP) is 1.64. The van der Waals surface area contributed by atoms with Gasteiger partial charge in [0.1, 0.15) is 11.1 Å². The van der Waals surface area contributed by atoms with Gasteiger partial charge in [-0.05, 0) is 20.9 Å². The summed E-state index contributed by atoms with van der Waals surface area (Å²) in [7, 11) is 1.94. The van der Waals surface area contributed by atoms with Gasteiger partial charge in [-0.25, -0.2) is 4.98 Å². The molecule has 0 aliphatic carbocycles. The number of thiazole rings is 1. The van der Waals surface area contributed by atoms with Crippen LogP contribution in [0, 0.1) is 0 Å². The molecular weight excluding hydrogens is 234 g/mol. The number of hydrogen-bond donors (Lipinski definition) is 1. The van der Waals surface area contributed by atoms with Crippen LogP contribution in [0.3, 0.4) is 0 Å². The van der Waals surface area contributed by atoms with Gasteiger partial charge in [-0.3, -0.25) is 4.90 Å². The molecule has 1 N–H and O–H groups in total. The zero-order chi connectivity index (χ0) is 12.3. The lowest BCUT2D eigenvalue weighted by molar-refractivity contribution is -0.0403. The Morgan fingerprint density at radius 3 is 3.18 bits per heavy atom. The Hall–Kier alpha value is -0.490. The van der Waals surface area contributed by atoms with E-state index in [4.69, 9.17) is 4.74 Å². The average Bonchev–Trinajstić information content (AvgIpc) is 2.78. The summed E-state index contributed by atoms with van der Waals surface area (Å²) in [6, 6.07) is 0.582. The standard InChI is InChI=1S/C12H21N3OS/c1-9(2)15-4-5-16-11(7-15)12-14-10(6-13-3)8-17-12/h8-9,11,13H,4-7H2,1-3H3. The normalized spacial score (nSPS) is 22.2. The summed E-state index contributed by atoms with van der Waals surface area (Å²) >= 11 is 1.71. The average molecular weight is 255 g/mol. The van der Waals surface area contributed by atoms with Crippen LogP contribution in [0.5, 0.6) is 0 Å².